The van der Waals surface area contributed by atoms with E-state index in [0.29, 0.717) is 6.17 Å². The van der Waals surface area contributed by atoms with Crippen LogP contribution in [0.25, 0.3) is 0 Å². The van der Waals surface area contributed by atoms with E-state index in [2.05, 4.69) is 28.2 Å². The Bertz CT molecular complexity index is 168. The van der Waals surface area contributed by atoms with Gasteiger partial charge in [-0.15, -0.1) is 0 Å². The highest BCUT2D eigenvalue weighted by molar-refractivity contribution is 4.97. The van der Waals surface area contributed by atoms with E-state index in [0.717, 1.165) is 6.54 Å². The van der Waals surface area contributed by atoms with Crippen molar-refractivity contribution in [3.05, 3.63) is 12.4 Å². The molecule has 0 aromatic carbocycles. The van der Waals surface area contributed by atoms with Gasteiger partial charge in [-0.05, 0) is 6.54 Å². The second kappa shape index (κ2) is 5.12. The van der Waals surface area contributed by atoms with Gasteiger partial charge in [-0.1, -0.05) is 20.8 Å². The Balaban J connectivity index is 0.000000396. The quantitative estimate of drug-likeness (QED) is 0.655. The van der Waals surface area contributed by atoms with Crippen LogP contribution < -0.4 is 5.32 Å². The molecule has 0 spiro atoms. The number of piperazine rings is 1. The molecule has 76 valence electrons. The van der Waals surface area contributed by atoms with Crippen molar-refractivity contribution in [3.8, 4) is 0 Å². The molecule has 2 aliphatic rings. The van der Waals surface area contributed by atoms with Crippen molar-refractivity contribution in [1.29, 1.82) is 0 Å². The molecule has 1 atom stereocenters. The van der Waals surface area contributed by atoms with Gasteiger partial charge >= 0.3 is 0 Å². The highest BCUT2D eigenvalue weighted by Crippen LogP contribution is 2.11. The molecule has 3 nitrogen and oxygen atoms in total. The molecule has 13 heavy (non-hydrogen) atoms. The lowest BCUT2D eigenvalue weighted by molar-refractivity contribution is 0.117. The molecule has 0 saturated carbocycles. The van der Waals surface area contributed by atoms with Gasteiger partial charge in [0.15, 0.2) is 0 Å². The first kappa shape index (κ1) is 10.4. The van der Waals surface area contributed by atoms with E-state index in [-0.39, 0.29) is 0 Å². The normalized spacial score (nSPS) is 26.1. The fourth-order valence-electron chi connectivity index (χ4n) is 1.72. The molecule has 0 bridgehead atoms. The van der Waals surface area contributed by atoms with Crippen molar-refractivity contribution in [1.82, 2.24) is 15.1 Å². The van der Waals surface area contributed by atoms with Gasteiger partial charge in [0.1, 0.15) is 6.17 Å². The van der Waals surface area contributed by atoms with Crippen LogP contribution in [0.2, 0.25) is 0 Å². The van der Waals surface area contributed by atoms with Gasteiger partial charge in [0.25, 0.3) is 0 Å². The standard InChI is InChI=1S/C8H15N3.C2H6/c1-2-10-5-6-11-4-3-9-8(11)7-10;1-2/h3-4,8-9H,2,5-7H2,1H3;1-2H3. The Morgan fingerprint density at radius 3 is 2.85 bits per heavy atom. The maximum Gasteiger partial charge on any atom is 0.111 e. The summed E-state index contributed by atoms with van der Waals surface area (Å²) in [4.78, 5) is 4.84. The monoisotopic (exact) mass is 183 g/mol. The summed E-state index contributed by atoms with van der Waals surface area (Å²) in [6.07, 6.45) is 4.74. The summed E-state index contributed by atoms with van der Waals surface area (Å²) in [6, 6.07) is 0. The highest BCUT2D eigenvalue weighted by Gasteiger charge is 2.25. The zero-order valence-corrected chi connectivity index (χ0v) is 8.95. The van der Waals surface area contributed by atoms with Gasteiger partial charge in [-0.2, -0.15) is 0 Å². The minimum absolute atomic E-state index is 0.545. The molecular formula is C10H21N3. The van der Waals surface area contributed by atoms with E-state index in [4.69, 9.17) is 0 Å². The van der Waals surface area contributed by atoms with Gasteiger partial charge in [0.05, 0.1) is 0 Å². The van der Waals surface area contributed by atoms with Crippen molar-refractivity contribution in [3.63, 3.8) is 0 Å². The van der Waals surface area contributed by atoms with Crippen molar-refractivity contribution in [2.24, 2.45) is 0 Å². The molecule has 2 rings (SSSR count). The topological polar surface area (TPSA) is 18.5 Å². The molecule has 1 saturated heterocycles. The van der Waals surface area contributed by atoms with Crippen LogP contribution in [0, 0.1) is 0 Å². The number of hydrogen-bond donors (Lipinski definition) is 1. The van der Waals surface area contributed by atoms with E-state index in [9.17, 15) is 0 Å². The van der Waals surface area contributed by atoms with Gasteiger partial charge in [0, 0.05) is 32.0 Å². The summed E-state index contributed by atoms with van der Waals surface area (Å²) in [6.45, 7) is 10.9. The first-order valence-electron chi connectivity index (χ1n) is 5.31. The third-order valence-corrected chi connectivity index (χ3v) is 2.51. The van der Waals surface area contributed by atoms with E-state index >= 15 is 0 Å². The first-order valence-corrected chi connectivity index (χ1v) is 5.31. The van der Waals surface area contributed by atoms with Crippen LogP contribution in [-0.2, 0) is 0 Å². The average molecular weight is 183 g/mol. The van der Waals surface area contributed by atoms with Crippen LogP contribution in [-0.4, -0.2) is 42.1 Å². The summed E-state index contributed by atoms with van der Waals surface area (Å²) >= 11 is 0. The molecule has 2 heterocycles. The Morgan fingerprint density at radius 1 is 1.38 bits per heavy atom. The number of hydrogen-bond acceptors (Lipinski definition) is 3. The zero-order valence-electron chi connectivity index (χ0n) is 8.95. The molecule has 0 radical (unpaired) electrons. The van der Waals surface area contributed by atoms with E-state index in [1.54, 1.807) is 0 Å². The van der Waals surface area contributed by atoms with Crippen molar-refractivity contribution >= 4 is 0 Å². The number of fused-ring (bicyclic) bond motifs is 1. The minimum Gasteiger partial charge on any atom is -0.369 e. The summed E-state index contributed by atoms with van der Waals surface area (Å²) in [5, 5.41) is 3.33. The Morgan fingerprint density at radius 2 is 2.15 bits per heavy atom. The number of nitrogens with zero attached hydrogens (tertiary/aromatic N) is 2. The van der Waals surface area contributed by atoms with Crippen molar-refractivity contribution in [2.75, 3.05) is 26.2 Å². The molecule has 3 heteroatoms. The highest BCUT2D eigenvalue weighted by atomic mass is 15.4. The van der Waals surface area contributed by atoms with Gasteiger partial charge in [-0.25, -0.2) is 0 Å². The van der Waals surface area contributed by atoms with Crippen LogP contribution in [0.1, 0.15) is 20.8 Å². The molecule has 0 aliphatic carbocycles. The second-order valence-corrected chi connectivity index (χ2v) is 3.13. The lowest BCUT2D eigenvalue weighted by atomic mass is 10.3. The maximum absolute atomic E-state index is 3.33. The Labute approximate surface area is 81.4 Å². The maximum atomic E-state index is 3.33. The fraction of sp³-hybridized carbons (Fsp3) is 0.800. The van der Waals surface area contributed by atoms with Crippen LogP contribution in [0.5, 0.6) is 0 Å². The van der Waals surface area contributed by atoms with Gasteiger partial charge in [0.2, 0.25) is 0 Å². The van der Waals surface area contributed by atoms with Crippen LogP contribution in [0.15, 0.2) is 12.4 Å². The zero-order chi connectivity index (χ0) is 9.68. The SMILES string of the molecule is CC.CCN1CCN2C=CNC2C1. The van der Waals surface area contributed by atoms with Gasteiger partial charge < -0.3 is 10.2 Å². The molecule has 1 fully saturated rings. The van der Waals surface area contributed by atoms with Crippen LogP contribution in [0.4, 0.5) is 0 Å². The predicted octanol–water partition coefficient (Wildman–Crippen LogP) is 1.05. The third kappa shape index (κ3) is 2.37. The Kier molecular flexibility index (Phi) is 4.09. The number of rotatable bonds is 1. The first-order chi connectivity index (χ1) is 6.40. The summed E-state index contributed by atoms with van der Waals surface area (Å²) in [5.74, 6) is 0. The summed E-state index contributed by atoms with van der Waals surface area (Å²) < 4.78 is 0. The molecule has 2 aliphatic heterocycles. The van der Waals surface area contributed by atoms with Gasteiger partial charge in [-0.3, -0.25) is 4.90 Å². The third-order valence-electron chi connectivity index (χ3n) is 2.51. The van der Waals surface area contributed by atoms with Crippen LogP contribution in [0.3, 0.4) is 0 Å². The molecule has 0 aromatic heterocycles. The largest absolute Gasteiger partial charge is 0.369 e. The van der Waals surface area contributed by atoms with Crippen molar-refractivity contribution < 1.29 is 0 Å². The molecule has 1 N–H and O–H groups in total. The lowest BCUT2D eigenvalue weighted by Crippen LogP contribution is -2.53. The Hall–Kier alpha value is -0.700. The van der Waals surface area contributed by atoms with Crippen molar-refractivity contribution in [2.45, 2.75) is 26.9 Å². The molecule has 1 unspecified atom stereocenters. The summed E-state index contributed by atoms with van der Waals surface area (Å²) in [7, 11) is 0. The lowest BCUT2D eigenvalue weighted by Gasteiger charge is -2.37. The van der Waals surface area contributed by atoms with Crippen LogP contribution >= 0.6 is 0 Å². The number of likely N-dealkylation sites (N-methyl/N-ethyl adjacent to an activating group) is 1. The van der Waals surface area contributed by atoms with E-state index < -0.39 is 0 Å². The number of nitrogens with one attached hydrogen (secondary N) is 1. The average Bonchev–Trinajstić information content (AvgIpc) is 2.67. The minimum atomic E-state index is 0.545. The predicted molar refractivity (Wildman–Crippen MR) is 56.2 cm³/mol. The smallest absolute Gasteiger partial charge is 0.111 e. The molecule has 0 amide bonds. The van der Waals surface area contributed by atoms with E-state index in [1.807, 2.05) is 20.0 Å². The summed E-state index contributed by atoms with van der Waals surface area (Å²) in [5.41, 5.74) is 0. The second-order valence-electron chi connectivity index (χ2n) is 3.13. The molecular weight excluding hydrogens is 162 g/mol. The van der Waals surface area contributed by atoms with E-state index in [1.165, 1.54) is 19.6 Å². The fourth-order valence-corrected chi connectivity index (χ4v) is 1.72. The molecule has 0 aromatic rings.